The molecule has 0 radical (unpaired) electrons. The minimum Gasteiger partial charge on any atom is -0.513 e. The lowest BCUT2D eigenvalue weighted by Gasteiger charge is -2.15. The van der Waals surface area contributed by atoms with Gasteiger partial charge in [-0.15, -0.1) is 0 Å². The van der Waals surface area contributed by atoms with Crippen LogP contribution in [0, 0.1) is 6.92 Å². The monoisotopic (exact) mass is 327 g/mol. The Morgan fingerprint density at radius 1 is 1.12 bits per heavy atom. The molecule has 3 nitrogen and oxygen atoms in total. The third kappa shape index (κ3) is 6.29. The van der Waals surface area contributed by atoms with Crippen LogP contribution in [0.15, 0.2) is 65.5 Å². The van der Waals surface area contributed by atoms with Crippen molar-refractivity contribution in [2.45, 2.75) is 41.5 Å². The number of rotatable bonds is 5. The van der Waals surface area contributed by atoms with Gasteiger partial charge in [-0.1, -0.05) is 50.3 Å². The van der Waals surface area contributed by atoms with E-state index in [1.165, 1.54) is 0 Å². The van der Waals surface area contributed by atoms with E-state index >= 15 is 0 Å². The van der Waals surface area contributed by atoms with Crippen molar-refractivity contribution < 1.29 is 9.90 Å². The summed E-state index contributed by atoms with van der Waals surface area (Å²) in [7, 11) is 0. The van der Waals surface area contributed by atoms with Crippen LogP contribution in [-0.4, -0.2) is 11.0 Å². The fourth-order valence-electron chi connectivity index (χ4n) is 2.12. The van der Waals surface area contributed by atoms with Crippen LogP contribution in [-0.2, 0) is 4.79 Å². The Kier molecular flexibility index (Phi) is 9.18. The number of hydrogen-bond acceptors (Lipinski definition) is 2. The van der Waals surface area contributed by atoms with Gasteiger partial charge in [-0.3, -0.25) is 4.79 Å². The molecule has 0 aliphatic carbocycles. The van der Waals surface area contributed by atoms with Gasteiger partial charge in [0.05, 0.1) is 5.76 Å². The Morgan fingerprint density at radius 2 is 1.67 bits per heavy atom. The van der Waals surface area contributed by atoms with Crippen molar-refractivity contribution in [1.29, 1.82) is 0 Å². The summed E-state index contributed by atoms with van der Waals surface area (Å²) in [5.41, 5.74) is 10.2. The zero-order valence-corrected chi connectivity index (χ0v) is 15.6. The molecule has 0 spiro atoms. The second-order valence-electron chi connectivity index (χ2n) is 5.46. The van der Waals surface area contributed by atoms with Crippen molar-refractivity contribution >= 4 is 11.5 Å². The van der Waals surface area contributed by atoms with Gasteiger partial charge in [0.1, 0.15) is 0 Å². The Hall–Kier alpha value is -2.55. The number of hydrogen-bond donors (Lipinski definition) is 2. The molecule has 0 aromatic heterocycles. The fraction of sp³-hybridized carbons (Fsp3) is 0.286. The topological polar surface area (TPSA) is 63.3 Å². The number of aliphatic hydroxyl groups is 1. The van der Waals surface area contributed by atoms with E-state index in [0.717, 1.165) is 27.8 Å². The molecule has 3 N–H and O–H groups in total. The molecule has 3 heteroatoms. The molecule has 0 aliphatic rings. The molecule has 0 aliphatic heterocycles. The average Bonchev–Trinajstić information content (AvgIpc) is 2.52. The van der Waals surface area contributed by atoms with Crippen molar-refractivity contribution in [3.8, 4) is 0 Å². The Labute approximate surface area is 145 Å². The summed E-state index contributed by atoms with van der Waals surface area (Å²) in [6, 6.07) is 7.85. The van der Waals surface area contributed by atoms with Crippen LogP contribution >= 0.6 is 0 Å². The standard InChI is InChI=1S/C19H23NO2.C2H6/c1-12(2)17(11-15(5)21)18(10-14(4)19(20)22)16-9-7-6-8-13(16)3;1-2/h6-11,21H,4H2,1-3,5H3,(H2,20,22);1-2H3/b15-11+,18-10+;. The number of aliphatic hydroxyl groups excluding tert-OH is 1. The molecule has 1 rings (SSSR count). The predicted octanol–water partition coefficient (Wildman–Crippen LogP) is 5.24. The summed E-state index contributed by atoms with van der Waals surface area (Å²) in [6.45, 7) is 15.2. The van der Waals surface area contributed by atoms with E-state index in [0.29, 0.717) is 0 Å². The van der Waals surface area contributed by atoms with Crippen molar-refractivity contribution in [2.24, 2.45) is 5.73 Å². The van der Waals surface area contributed by atoms with Gasteiger partial charge in [0.25, 0.3) is 0 Å². The molecule has 0 heterocycles. The van der Waals surface area contributed by atoms with Gasteiger partial charge in [0.2, 0.25) is 5.91 Å². The van der Waals surface area contributed by atoms with Crippen LogP contribution in [0.5, 0.6) is 0 Å². The SMILES string of the molecule is C=C(/C=C(/C(/C=C(\C)O)=C(C)C)c1ccccc1C)C(N)=O.CC. The zero-order valence-electron chi connectivity index (χ0n) is 15.6. The Bertz CT molecular complexity index is 684. The quantitative estimate of drug-likeness (QED) is 0.441. The predicted molar refractivity (Wildman–Crippen MR) is 104 cm³/mol. The van der Waals surface area contributed by atoms with Crippen LogP contribution in [0.1, 0.15) is 45.7 Å². The number of carbonyl (C=O) groups is 1. The summed E-state index contributed by atoms with van der Waals surface area (Å²) in [5, 5.41) is 9.67. The van der Waals surface area contributed by atoms with Crippen molar-refractivity contribution in [3.63, 3.8) is 0 Å². The smallest absolute Gasteiger partial charge is 0.248 e. The van der Waals surface area contributed by atoms with Gasteiger partial charge >= 0.3 is 0 Å². The van der Waals surface area contributed by atoms with E-state index in [1.54, 1.807) is 19.1 Å². The summed E-state index contributed by atoms with van der Waals surface area (Å²) >= 11 is 0. The first-order valence-electron chi connectivity index (χ1n) is 8.05. The number of benzene rings is 1. The zero-order chi connectivity index (χ0) is 18.9. The molecular formula is C21H29NO2. The van der Waals surface area contributed by atoms with E-state index in [-0.39, 0.29) is 11.3 Å². The highest BCUT2D eigenvalue weighted by Gasteiger charge is 2.12. The van der Waals surface area contributed by atoms with Gasteiger partial charge < -0.3 is 10.8 Å². The third-order valence-corrected chi connectivity index (χ3v) is 3.25. The van der Waals surface area contributed by atoms with Crippen LogP contribution in [0.2, 0.25) is 0 Å². The molecule has 24 heavy (non-hydrogen) atoms. The van der Waals surface area contributed by atoms with Crippen molar-refractivity contribution in [3.05, 3.63) is 76.6 Å². The normalized spacial score (nSPS) is 11.2. The number of carbonyl (C=O) groups excluding carboxylic acids is 1. The molecule has 0 bridgehead atoms. The van der Waals surface area contributed by atoms with Gasteiger partial charge in [0.15, 0.2) is 0 Å². The van der Waals surface area contributed by atoms with Gasteiger partial charge in [-0.25, -0.2) is 0 Å². The Balaban J connectivity index is 0.00000254. The molecular weight excluding hydrogens is 298 g/mol. The largest absolute Gasteiger partial charge is 0.513 e. The van der Waals surface area contributed by atoms with Crippen molar-refractivity contribution in [1.82, 2.24) is 0 Å². The number of nitrogens with two attached hydrogens (primary N) is 1. The molecule has 0 saturated heterocycles. The van der Waals surface area contributed by atoms with Crippen LogP contribution in [0.3, 0.4) is 0 Å². The second-order valence-corrected chi connectivity index (χ2v) is 5.46. The molecule has 1 aromatic rings. The molecule has 0 atom stereocenters. The molecule has 1 aromatic carbocycles. The van der Waals surface area contributed by atoms with E-state index in [1.807, 2.05) is 58.9 Å². The lowest BCUT2D eigenvalue weighted by atomic mass is 9.90. The first-order valence-corrected chi connectivity index (χ1v) is 8.05. The first-order chi connectivity index (χ1) is 11.2. The van der Waals surface area contributed by atoms with Gasteiger partial charge in [-0.05, 0) is 62.1 Å². The number of primary amides is 1. The highest BCUT2D eigenvalue weighted by atomic mass is 16.3. The lowest BCUT2D eigenvalue weighted by molar-refractivity contribution is -0.114. The summed E-state index contributed by atoms with van der Waals surface area (Å²) in [5.74, 6) is -0.371. The molecule has 0 saturated carbocycles. The summed E-state index contributed by atoms with van der Waals surface area (Å²) in [4.78, 5) is 11.4. The molecule has 1 amide bonds. The fourth-order valence-corrected chi connectivity index (χ4v) is 2.12. The molecule has 0 fully saturated rings. The Morgan fingerprint density at radius 3 is 2.08 bits per heavy atom. The number of aryl methyl sites for hydroxylation is 1. The van der Waals surface area contributed by atoms with Gasteiger partial charge in [0, 0.05) is 5.57 Å². The van der Waals surface area contributed by atoms with Crippen LogP contribution in [0.4, 0.5) is 0 Å². The average molecular weight is 327 g/mol. The van der Waals surface area contributed by atoms with Crippen molar-refractivity contribution in [2.75, 3.05) is 0 Å². The van der Waals surface area contributed by atoms with Crippen LogP contribution < -0.4 is 5.73 Å². The maximum absolute atomic E-state index is 11.4. The summed E-state index contributed by atoms with van der Waals surface area (Å²) in [6.07, 6.45) is 3.36. The number of amides is 1. The van der Waals surface area contributed by atoms with E-state index in [4.69, 9.17) is 5.73 Å². The highest BCUT2D eigenvalue weighted by molar-refractivity contribution is 5.98. The van der Waals surface area contributed by atoms with E-state index < -0.39 is 5.91 Å². The first kappa shape index (κ1) is 21.4. The lowest BCUT2D eigenvalue weighted by Crippen LogP contribution is -2.12. The van der Waals surface area contributed by atoms with Crippen LogP contribution in [0.25, 0.3) is 5.57 Å². The van der Waals surface area contributed by atoms with Gasteiger partial charge in [-0.2, -0.15) is 0 Å². The minimum atomic E-state index is -0.566. The molecule has 130 valence electrons. The minimum absolute atomic E-state index is 0.195. The second kappa shape index (κ2) is 10.3. The summed E-state index contributed by atoms with van der Waals surface area (Å²) < 4.78 is 0. The maximum Gasteiger partial charge on any atom is 0.248 e. The van der Waals surface area contributed by atoms with E-state index in [2.05, 4.69) is 6.58 Å². The highest BCUT2D eigenvalue weighted by Crippen LogP contribution is 2.30. The maximum atomic E-state index is 11.4. The number of allylic oxidation sites excluding steroid dienone is 5. The third-order valence-electron chi connectivity index (χ3n) is 3.25. The van der Waals surface area contributed by atoms with E-state index in [9.17, 15) is 9.90 Å². The molecule has 0 unspecified atom stereocenters.